The number of nitrogens with zero attached hydrogens (tertiary/aromatic N) is 2. The van der Waals surface area contributed by atoms with Gasteiger partial charge in [-0.15, -0.1) is 0 Å². The highest BCUT2D eigenvalue weighted by Crippen LogP contribution is 2.28. The van der Waals surface area contributed by atoms with E-state index >= 15 is 0 Å². The molecule has 5 heteroatoms. The zero-order valence-corrected chi connectivity index (χ0v) is 12.6. The lowest BCUT2D eigenvalue weighted by Gasteiger charge is -2.12. The summed E-state index contributed by atoms with van der Waals surface area (Å²) in [6.45, 7) is 4.02. The summed E-state index contributed by atoms with van der Waals surface area (Å²) in [5, 5.41) is 3.17. The van der Waals surface area contributed by atoms with E-state index in [0.717, 1.165) is 41.3 Å². The van der Waals surface area contributed by atoms with E-state index in [1.165, 1.54) is 6.07 Å². The normalized spacial score (nSPS) is 10.7. The van der Waals surface area contributed by atoms with Gasteiger partial charge in [-0.1, -0.05) is 18.5 Å². The zero-order valence-electron chi connectivity index (χ0n) is 11.8. The van der Waals surface area contributed by atoms with Crippen molar-refractivity contribution >= 4 is 17.4 Å². The third-order valence-electron chi connectivity index (χ3n) is 3.10. The van der Waals surface area contributed by atoms with Crippen LogP contribution in [0.4, 0.5) is 10.2 Å². The molecule has 0 atom stereocenters. The summed E-state index contributed by atoms with van der Waals surface area (Å²) in [5.41, 5.74) is 2.51. The number of nitrogens with one attached hydrogen (secondary N) is 1. The Morgan fingerprint density at radius 1 is 1.30 bits per heavy atom. The molecule has 20 heavy (non-hydrogen) atoms. The molecule has 0 radical (unpaired) electrons. The fourth-order valence-electron chi connectivity index (χ4n) is 2.07. The maximum absolute atomic E-state index is 13.3. The molecule has 0 aliphatic carbocycles. The lowest BCUT2D eigenvalue weighted by atomic mass is 10.1. The van der Waals surface area contributed by atoms with E-state index in [2.05, 4.69) is 22.2 Å². The van der Waals surface area contributed by atoms with Crippen LogP contribution in [0.5, 0.6) is 0 Å². The Labute approximate surface area is 123 Å². The van der Waals surface area contributed by atoms with Crippen LogP contribution in [-0.4, -0.2) is 17.0 Å². The molecule has 1 heterocycles. The van der Waals surface area contributed by atoms with Gasteiger partial charge in [-0.2, -0.15) is 0 Å². The molecule has 2 aromatic rings. The fourth-order valence-corrected chi connectivity index (χ4v) is 2.25. The van der Waals surface area contributed by atoms with Crippen molar-refractivity contribution in [2.24, 2.45) is 0 Å². The molecule has 1 aromatic heterocycles. The highest BCUT2D eigenvalue weighted by molar-refractivity contribution is 6.31. The Hall–Kier alpha value is -1.68. The van der Waals surface area contributed by atoms with Gasteiger partial charge in [0.15, 0.2) is 0 Å². The molecule has 0 aliphatic heterocycles. The smallest absolute Gasteiger partial charge is 0.141 e. The first-order chi connectivity index (χ1) is 9.56. The van der Waals surface area contributed by atoms with Gasteiger partial charge < -0.3 is 5.32 Å². The van der Waals surface area contributed by atoms with Crippen LogP contribution < -0.4 is 5.32 Å². The highest BCUT2D eigenvalue weighted by Gasteiger charge is 2.13. The molecule has 3 nitrogen and oxygen atoms in total. The van der Waals surface area contributed by atoms with E-state index in [9.17, 15) is 4.39 Å². The van der Waals surface area contributed by atoms with Gasteiger partial charge >= 0.3 is 0 Å². The van der Waals surface area contributed by atoms with Crippen molar-refractivity contribution in [1.82, 2.24) is 9.97 Å². The van der Waals surface area contributed by atoms with E-state index in [4.69, 9.17) is 11.6 Å². The number of aromatic nitrogens is 2. The van der Waals surface area contributed by atoms with Crippen molar-refractivity contribution in [1.29, 1.82) is 0 Å². The van der Waals surface area contributed by atoms with Gasteiger partial charge in [0.1, 0.15) is 17.5 Å². The number of aryl methyl sites for hydroxylation is 1. The molecule has 0 saturated heterocycles. The fraction of sp³-hybridized carbons (Fsp3) is 0.333. The molecule has 2 rings (SSSR count). The molecule has 0 spiro atoms. The average molecular weight is 294 g/mol. The standard InChI is InChI=1S/C15H17ClFN3/c1-4-5-13-19-14(9(2)15(18-3)20-13)10-6-7-12(17)11(16)8-10/h6-8H,4-5H2,1-3H3,(H,18,19,20). The van der Waals surface area contributed by atoms with Gasteiger partial charge in [0, 0.05) is 24.6 Å². The summed E-state index contributed by atoms with van der Waals surface area (Å²) in [7, 11) is 1.83. The minimum Gasteiger partial charge on any atom is -0.373 e. The second kappa shape index (κ2) is 6.18. The number of halogens is 2. The van der Waals surface area contributed by atoms with Crippen LogP contribution >= 0.6 is 11.6 Å². The molecule has 106 valence electrons. The summed E-state index contributed by atoms with van der Waals surface area (Å²) < 4.78 is 13.3. The maximum Gasteiger partial charge on any atom is 0.141 e. The number of rotatable bonds is 4. The van der Waals surface area contributed by atoms with E-state index in [-0.39, 0.29) is 5.02 Å². The third-order valence-corrected chi connectivity index (χ3v) is 3.39. The zero-order chi connectivity index (χ0) is 14.7. The molecule has 0 fully saturated rings. The van der Waals surface area contributed by atoms with Gasteiger partial charge in [0.05, 0.1) is 10.7 Å². The Morgan fingerprint density at radius 2 is 2.05 bits per heavy atom. The number of benzene rings is 1. The van der Waals surface area contributed by atoms with E-state index in [0.29, 0.717) is 0 Å². The summed E-state index contributed by atoms with van der Waals surface area (Å²) in [6, 6.07) is 4.64. The van der Waals surface area contributed by atoms with Gasteiger partial charge in [0.25, 0.3) is 0 Å². The minimum absolute atomic E-state index is 0.101. The summed E-state index contributed by atoms with van der Waals surface area (Å²) in [5.74, 6) is 1.14. The van der Waals surface area contributed by atoms with Crippen molar-refractivity contribution in [2.45, 2.75) is 26.7 Å². The topological polar surface area (TPSA) is 37.8 Å². The number of anilines is 1. The van der Waals surface area contributed by atoms with Gasteiger partial charge in [-0.05, 0) is 31.5 Å². The number of hydrogen-bond acceptors (Lipinski definition) is 3. The molecule has 1 N–H and O–H groups in total. The van der Waals surface area contributed by atoms with Crippen molar-refractivity contribution in [2.75, 3.05) is 12.4 Å². The third kappa shape index (κ3) is 2.90. The summed E-state index contributed by atoms with van der Waals surface area (Å²) in [6.07, 6.45) is 1.77. The molecule has 0 bridgehead atoms. The van der Waals surface area contributed by atoms with E-state index < -0.39 is 5.82 Å². The SMILES string of the molecule is CCCc1nc(NC)c(C)c(-c2ccc(F)c(Cl)c2)n1. The summed E-state index contributed by atoms with van der Waals surface area (Å²) >= 11 is 5.86. The van der Waals surface area contributed by atoms with Crippen LogP contribution in [0, 0.1) is 12.7 Å². The monoisotopic (exact) mass is 293 g/mol. The Balaban J connectivity index is 2.58. The van der Waals surface area contributed by atoms with Crippen molar-refractivity contribution in [3.63, 3.8) is 0 Å². The summed E-state index contributed by atoms with van der Waals surface area (Å²) in [4.78, 5) is 9.06. The van der Waals surface area contributed by atoms with Gasteiger partial charge in [0.2, 0.25) is 0 Å². The van der Waals surface area contributed by atoms with Gasteiger partial charge in [-0.3, -0.25) is 0 Å². The second-order valence-electron chi connectivity index (χ2n) is 4.59. The first-order valence-corrected chi connectivity index (χ1v) is 6.95. The molecule has 0 saturated carbocycles. The first kappa shape index (κ1) is 14.7. The lowest BCUT2D eigenvalue weighted by Crippen LogP contribution is -2.05. The average Bonchev–Trinajstić information content (AvgIpc) is 2.44. The van der Waals surface area contributed by atoms with Gasteiger partial charge in [-0.25, -0.2) is 14.4 Å². The van der Waals surface area contributed by atoms with Crippen LogP contribution in [0.3, 0.4) is 0 Å². The Morgan fingerprint density at radius 3 is 2.65 bits per heavy atom. The maximum atomic E-state index is 13.3. The molecule has 0 unspecified atom stereocenters. The van der Waals surface area contributed by atoms with Crippen LogP contribution in [0.2, 0.25) is 5.02 Å². The molecular formula is C15H17ClFN3. The van der Waals surface area contributed by atoms with Crippen molar-refractivity contribution in [3.8, 4) is 11.3 Å². The van der Waals surface area contributed by atoms with E-state index in [1.54, 1.807) is 12.1 Å². The van der Waals surface area contributed by atoms with Crippen LogP contribution in [-0.2, 0) is 6.42 Å². The quantitative estimate of drug-likeness (QED) is 0.916. The van der Waals surface area contributed by atoms with Crippen LogP contribution in [0.25, 0.3) is 11.3 Å². The first-order valence-electron chi connectivity index (χ1n) is 6.57. The van der Waals surface area contributed by atoms with Crippen molar-refractivity contribution < 1.29 is 4.39 Å². The highest BCUT2D eigenvalue weighted by atomic mass is 35.5. The predicted molar refractivity (Wildman–Crippen MR) is 80.7 cm³/mol. The largest absolute Gasteiger partial charge is 0.373 e. The van der Waals surface area contributed by atoms with Crippen LogP contribution in [0.15, 0.2) is 18.2 Å². The Kier molecular flexibility index (Phi) is 4.55. The molecule has 0 aliphatic rings. The Bertz CT molecular complexity index is 629. The molecule has 1 aromatic carbocycles. The number of hydrogen-bond donors (Lipinski definition) is 1. The predicted octanol–water partition coefficient (Wildman–Crippen LogP) is 4.24. The van der Waals surface area contributed by atoms with Crippen LogP contribution in [0.1, 0.15) is 24.7 Å². The second-order valence-corrected chi connectivity index (χ2v) is 5.00. The molecular weight excluding hydrogens is 277 g/mol. The lowest BCUT2D eigenvalue weighted by molar-refractivity contribution is 0.628. The van der Waals surface area contributed by atoms with E-state index in [1.807, 2.05) is 14.0 Å². The minimum atomic E-state index is -0.426. The molecule has 0 amide bonds. The van der Waals surface area contributed by atoms with Crippen molar-refractivity contribution in [3.05, 3.63) is 40.4 Å².